The first-order chi connectivity index (χ1) is 21.0. The minimum atomic E-state index is -2.68. The van der Waals surface area contributed by atoms with Crippen LogP contribution in [0.15, 0.2) is 79.0 Å². The standard InChI is InChI=1S/C32H28F2N6O3/c33-30(34)26-9-4-8-25(38-26)29-28(27-10-5-15-40(27)39-29)21-11-12-24-22(16-21)17-23(18-37-24)31(41)35-13-14-36-32(42)43-19-20-6-2-1-3-7-20/h1-4,6-9,11-12,16-18,30H,5,10,13-15,19H2,(H,35,41)(H,36,42). The molecule has 1 aliphatic heterocycles. The number of hydrogen-bond acceptors (Lipinski definition) is 6. The Morgan fingerprint density at radius 3 is 2.65 bits per heavy atom. The summed E-state index contributed by atoms with van der Waals surface area (Å²) in [7, 11) is 0. The summed E-state index contributed by atoms with van der Waals surface area (Å²) in [5, 5.41) is 10.9. The third-order valence-electron chi connectivity index (χ3n) is 7.20. The molecule has 43 heavy (non-hydrogen) atoms. The number of rotatable bonds is 9. The van der Waals surface area contributed by atoms with Gasteiger partial charge in [0.15, 0.2) is 0 Å². The molecule has 1 aliphatic rings. The monoisotopic (exact) mass is 582 g/mol. The maximum atomic E-state index is 13.4. The predicted molar refractivity (Wildman–Crippen MR) is 156 cm³/mol. The molecule has 0 fully saturated rings. The van der Waals surface area contributed by atoms with Crippen molar-refractivity contribution in [2.75, 3.05) is 13.1 Å². The molecule has 0 spiro atoms. The van der Waals surface area contributed by atoms with Gasteiger partial charge < -0.3 is 15.4 Å². The lowest BCUT2D eigenvalue weighted by molar-refractivity contribution is 0.0951. The summed E-state index contributed by atoms with van der Waals surface area (Å²) < 4.78 is 33.9. The van der Waals surface area contributed by atoms with E-state index in [9.17, 15) is 18.4 Å². The molecule has 2 N–H and O–H groups in total. The molecule has 0 atom stereocenters. The van der Waals surface area contributed by atoms with Crippen molar-refractivity contribution in [1.82, 2.24) is 30.4 Å². The van der Waals surface area contributed by atoms with Gasteiger partial charge in [-0.25, -0.2) is 18.6 Å². The fourth-order valence-electron chi connectivity index (χ4n) is 5.15. The zero-order valence-electron chi connectivity index (χ0n) is 23.1. The van der Waals surface area contributed by atoms with Crippen LogP contribution in [0.25, 0.3) is 33.4 Å². The van der Waals surface area contributed by atoms with Crippen molar-refractivity contribution in [1.29, 1.82) is 0 Å². The smallest absolute Gasteiger partial charge is 0.407 e. The molecule has 4 heterocycles. The Kier molecular flexibility index (Phi) is 8.03. The van der Waals surface area contributed by atoms with Crippen LogP contribution < -0.4 is 10.6 Å². The molecule has 0 unspecified atom stereocenters. The van der Waals surface area contributed by atoms with E-state index in [2.05, 4.69) is 20.6 Å². The molecule has 9 nitrogen and oxygen atoms in total. The fraction of sp³-hybridized carbons (Fsp3) is 0.219. The average molecular weight is 583 g/mol. The second kappa shape index (κ2) is 12.4. The van der Waals surface area contributed by atoms with Gasteiger partial charge in [0.1, 0.15) is 18.0 Å². The van der Waals surface area contributed by atoms with Crippen LogP contribution in [-0.4, -0.2) is 44.8 Å². The van der Waals surface area contributed by atoms with Gasteiger partial charge in [-0.1, -0.05) is 42.5 Å². The number of carbonyl (C=O) groups is 2. The van der Waals surface area contributed by atoms with Crippen LogP contribution in [0.4, 0.5) is 13.6 Å². The Morgan fingerprint density at radius 2 is 1.81 bits per heavy atom. The third-order valence-corrected chi connectivity index (χ3v) is 7.20. The average Bonchev–Trinajstić information content (AvgIpc) is 3.64. The number of halogens is 2. The summed E-state index contributed by atoms with van der Waals surface area (Å²) in [6.45, 7) is 1.30. The topological polar surface area (TPSA) is 111 Å². The number of amides is 2. The number of hydrogen-bond donors (Lipinski definition) is 2. The minimum Gasteiger partial charge on any atom is -0.445 e. The summed E-state index contributed by atoms with van der Waals surface area (Å²) in [5.74, 6) is -0.334. The number of benzene rings is 2. The van der Waals surface area contributed by atoms with E-state index in [4.69, 9.17) is 9.84 Å². The van der Waals surface area contributed by atoms with Crippen molar-refractivity contribution in [2.45, 2.75) is 32.4 Å². The quantitative estimate of drug-likeness (QED) is 0.216. The van der Waals surface area contributed by atoms with Gasteiger partial charge in [0, 0.05) is 42.5 Å². The molecule has 0 aliphatic carbocycles. The number of nitrogens with one attached hydrogen (secondary N) is 2. The van der Waals surface area contributed by atoms with Crippen LogP contribution >= 0.6 is 0 Å². The largest absolute Gasteiger partial charge is 0.445 e. The van der Waals surface area contributed by atoms with E-state index in [-0.39, 0.29) is 31.3 Å². The van der Waals surface area contributed by atoms with E-state index >= 15 is 0 Å². The lowest BCUT2D eigenvalue weighted by atomic mass is 9.98. The van der Waals surface area contributed by atoms with Gasteiger partial charge in [-0.05, 0) is 54.3 Å². The number of alkyl halides is 2. The predicted octanol–water partition coefficient (Wildman–Crippen LogP) is 5.70. The molecule has 0 saturated heterocycles. The molecule has 3 aromatic heterocycles. The van der Waals surface area contributed by atoms with E-state index in [1.807, 2.05) is 53.2 Å². The summed E-state index contributed by atoms with van der Waals surface area (Å²) >= 11 is 0. The van der Waals surface area contributed by atoms with Crippen LogP contribution in [0, 0.1) is 0 Å². The highest BCUT2D eigenvalue weighted by Gasteiger charge is 2.25. The van der Waals surface area contributed by atoms with Crippen molar-refractivity contribution >= 4 is 22.9 Å². The van der Waals surface area contributed by atoms with E-state index in [1.54, 1.807) is 18.2 Å². The highest BCUT2D eigenvalue weighted by molar-refractivity contribution is 5.98. The molecule has 5 aromatic rings. The van der Waals surface area contributed by atoms with E-state index in [1.165, 1.54) is 12.3 Å². The summed E-state index contributed by atoms with van der Waals surface area (Å²) in [6.07, 6.45) is 0.00296. The van der Waals surface area contributed by atoms with Gasteiger partial charge in [-0.2, -0.15) is 5.10 Å². The zero-order chi connectivity index (χ0) is 29.8. The second-order valence-electron chi connectivity index (χ2n) is 10.1. The Labute approximate surface area is 245 Å². The van der Waals surface area contributed by atoms with Gasteiger partial charge in [-0.15, -0.1) is 0 Å². The molecule has 11 heteroatoms. The van der Waals surface area contributed by atoms with E-state index < -0.39 is 12.5 Å². The van der Waals surface area contributed by atoms with E-state index in [0.29, 0.717) is 22.5 Å². The summed E-state index contributed by atoms with van der Waals surface area (Å²) in [6, 6.07) is 21.4. The first kappa shape index (κ1) is 28.0. The molecule has 0 bridgehead atoms. The summed E-state index contributed by atoms with van der Waals surface area (Å²) in [4.78, 5) is 33.4. The Morgan fingerprint density at radius 1 is 0.977 bits per heavy atom. The van der Waals surface area contributed by atoms with Crippen molar-refractivity contribution in [3.63, 3.8) is 0 Å². The number of nitrogens with zero attached hydrogens (tertiary/aromatic N) is 4. The fourth-order valence-corrected chi connectivity index (χ4v) is 5.15. The number of aryl methyl sites for hydroxylation is 1. The van der Waals surface area contributed by atoms with Gasteiger partial charge in [0.25, 0.3) is 12.3 Å². The molecule has 2 amide bonds. The number of fused-ring (bicyclic) bond motifs is 2. The molecular formula is C32H28F2N6O3. The maximum Gasteiger partial charge on any atom is 0.407 e. The first-order valence-electron chi connectivity index (χ1n) is 13.9. The van der Waals surface area contributed by atoms with E-state index in [0.717, 1.165) is 47.2 Å². The first-order valence-corrected chi connectivity index (χ1v) is 13.9. The van der Waals surface area contributed by atoms with Crippen LogP contribution in [-0.2, 0) is 24.3 Å². The lowest BCUT2D eigenvalue weighted by Gasteiger charge is -2.10. The van der Waals surface area contributed by atoms with Gasteiger partial charge >= 0.3 is 6.09 Å². The van der Waals surface area contributed by atoms with Crippen LogP contribution in [0.3, 0.4) is 0 Å². The van der Waals surface area contributed by atoms with Crippen LogP contribution in [0.1, 0.15) is 40.2 Å². The minimum absolute atomic E-state index is 0.159. The molecular weight excluding hydrogens is 554 g/mol. The van der Waals surface area contributed by atoms with Crippen LogP contribution in [0.2, 0.25) is 0 Å². The van der Waals surface area contributed by atoms with Crippen LogP contribution in [0.5, 0.6) is 0 Å². The molecule has 218 valence electrons. The second-order valence-corrected chi connectivity index (χ2v) is 10.1. The molecule has 0 radical (unpaired) electrons. The van der Waals surface area contributed by atoms with Crippen molar-refractivity contribution in [2.24, 2.45) is 0 Å². The normalized spacial score (nSPS) is 12.3. The maximum absolute atomic E-state index is 13.4. The Hall–Kier alpha value is -5.19. The van der Waals surface area contributed by atoms with Gasteiger partial charge in [-0.3, -0.25) is 14.5 Å². The summed E-state index contributed by atoms with van der Waals surface area (Å²) in [5.41, 5.74) is 5.29. The highest BCUT2D eigenvalue weighted by atomic mass is 19.3. The highest BCUT2D eigenvalue weighted by Crippen LogP contribution is 2.38. The SMILES string of the molecule is O=C(NCCNC(=O)c1cnc2ccc(-c3c(-c4cccc(C(F)F)n4)nn4c3CCC4)cc2c1)OCc1ccccc1. The molecule has 6 rings (SSSR count). The number of aromatic nitrogens is 4. The number of pyridine rings is 2. The van der Waals surface area contributed by atoms with Gasteiger partial charge in [0.2, 0.25) is 0 Å². The van der Waals surface area contributed by atoms with Crippen molar-refractivity contribution in [3.05, 3.63) is 102 Å². The molecule has 0 saturated carbocycles. The number of ether oxygens (including phenoxy) is 1. The van der Waals surface area contributed by atoms with Crippen molar-refractivity contribution in [3.8, 4) is 22.5 Å². The van der Waals surface area contributed by atoms with Crippen molar-refractivity contribution < 1.29 is 23.1 Å². The zero-order valence-corrected chi connectivity index (χ0v) is 23.1. The third kappa shape index (κ3) is 6.20. The Balaban J connectivity index is 1.16. The lowest BCUT2D eigenvalue weighted by Crippen LogP contribution is -2.35. The Bertz CT molecular complexity index is 1790. The van der Waals surface area contributed by atoms with Gasteiger partial charge in [0.05, 0.1) is 16.8 Å². The molecule has 2 aromatic carbocycles. The number of carbonyl (C=O) groups excluding carboxylic acids is 2. The number of alkyl carbamates (subject to hydrolysis) is 1.